The van der Waals surface area contributed by atoms with Gasteiger partial charge in [0, 0.05) is 17.7 Å². The molecular weight excluding hydrogens is 304 g/mol. The Morgan fingerprint density at radius 2 is 2.00 bits per heavy atom. The van der Waals surface area contributed by atoms with Crippen molar-refractivity contribution in [3.63, 3.8) is 0 Å². The summed E-state index contributed by atoms with van der Waals surface area (Å²) in [6.07, 6.45) is 0.305. The first kappa shape index (κ1) is 19.3. The van der Waals surface area contributed by atoms with Gasteiger partial charge in [-0.3, -0.25) is 9.59 Å². The number of hydrogen-bond acceptors (Lipinski definition) is 3. The third-order valence-corrected chi connectivity index (χ3v) is 2.54. The number of nitrogens with one attached hydrogen (secondary N) is 2. The van der Waals surface area contributed by atoms with Crippen LogP contribution in [0.5, 0.6) is 0 Å². The van der Waals surface area contributed by atoms with Crippen molar-refractivity contribution >= 4 is 29.9 Å². The van der Waals surface area contributed by atoms with Gasteiger partial charge in [0.25, 0.3) is 11.8 Å². The zero-order valence-electron chi connectivity index (χ0n) is 11.5. The third kappa shape index (κ3) is 6.50. The second-order valence-electron chi connectivity index (χ2n) is 4.23. The fraction of sp³-hybridized carbons (Fsp3) is 0.385. The predicted molar refractivity (Wildman–Crippen MR) is 78.9 cm³/mol. The van der Waals surface area contributed by atoms with Crippen molar-refractivity contribution in [1.29, 1.82) is 0 Å². The summed E-state index contributed by atoms with van der Waals surface area (Å²) >= 11 is 0. The standard InChI is InChI=1S/C13H17F2N3O2.ClH/c1-2-11(19)18-10-5-3-4-9(6-10)12(20)17-8-13(14,15)7-16;/h3-6H,2,7-8,16H2,1H3,(H,17,20)(H,18,19);1H. The van der Waals surface area contributed by atoms with Gasteiger partial charge in [0.2, 0.25) is 5.91 Å². The maximum Gasteiger partial charge on any atom is 0.277 e. The molecule has 1 aromatic rings. The molecule has 0 fully saturated rings. The number of nitrogens with two attached hydrogens (primary N) is 1. The summed E-state index contributed by atoms with van der Waals surface area (Å²) in [6, 6.07) is 6.06. The van der Waals surface area contributed by atoms with E-state index in [-0.39, 0.29) is 23.9 Å². The van der Waals surface area contributed by atoms with Gasteiger partial charge in [-0.1, -0.05) is 13.0 Å². The first-order chi connectivity index (χ1) is 9.38. The van der Waals surface area contributed by atoms with Gasteiger partial charge in [-0.2, -0.15) is 0 Å². The molecule has 0 spiro atoms. The molecule has 5 nitrogen and oxygen atoms in total. The van der Waals surface area contributed by atoms with Crippen molar-refractivity contribution in [3.8, 4) is 0 Å². The van der Waals surface area contributed by atoms with Crippen LogP contribution in [0.2, 0.25) is 0 Å². The summed E-state index contributed by atoms with van der Waals surface area (Å²) in [4.78, 5) is 23.0. The molecule has 4 N–H and O–H groups in total. The predicted octanol–water partition coefficient (Wildman–Crippen LogP) is 1.78. The van der Waals surface area contributed by atoms with E-state index >= 15 is 0 Å². The fourth-order valence-electron chi connectivity index (χ4n) is 1.37. The average molecular weight is 322 g/mol. The van der Waals surface area contributed by atoms with Crippen LogP contribution in [0, 0.1) is 0 Å². The van der Waals surface area contributed by atoms with Crippen LogP contribution in [0.3, 0.4) is 0 Å². The van der Waals surface area contributed by atoms with Gasteiger partial charge >= 0.3 is 0 Å². The topological polar surface area (TPSA) is 84.2 Å². The molecule has 0 bridgehead atoms. The Labute approximate surface area is 127 Å². The van der Waals surface area contributed by atoms with E-state index in [2.05, 4.69) is 10.6 Å². The number of alkyl halides is 2. The Morgan fingerprint density at radius 3 is 2.57 bits per heavy atom. The van der Waals surface area contributed by atoms with Gasteiger partial charge < -0.3 is 16.4 Å². The van der Waals surface area contributed by atoms with Gasteiger partial charge in [-0.05, 0) is 18.2 Å². The fourth-order valence-corrected chi connectivity index (χ4v) is 1.37. The highest BCUT2D eigenvalue weighted by molar-refractivity contribution is 5.97. The van der Waals surface area contributed by atoms with Crippen LogP contribution in [0.1, 0.15) is 23.7 Å². The highest BCUT2D eigenvalue weighted by atomic mass is 35.5. The Bertz CT molecular complexity index is 498. The number of benzene rings is 1. The lowest BCUT2D eigenvalue weighted by molar-refractivity contribution is -0.115. The molecular formula is C13H18ClF2N3O2. The molecule has 118 valence electrons. The molecule has 0 heterocycles. The third-order valence-electron chi connectivity index (χ3n) is 2.54. The highest BCUT2D eigenvalue weighted by Gasteiger charge is 2.27. The summed E-state index contributed by atoms with van der Waals surface area (Å²) in [7, 11) is 0. The number of carbonyl (C=O) groups excluding carboxylic acids is 2. The zero-order valence-corrected chi connectivity index (χ0v) is 12.3. The number of halogens is 3. The molecule has 0 saturated carbocycles. The largest absolute Gasteiger partial charge is 0.346 e. The summed E-state index contributed by atoms with van der Waals surface area (Å²) < 4.78 is 25.9. The lowest BCUT2D eigenvalue weighted by Gasteiger charge is -2.14. The molecule has 0 unspecified atom stereocenters. The van der Waals surface area contributed by atoms with Crippen LogP contribution in [0.25, 0.3) is 0 Å². The molecule has 2 amide bonds. The van der Waals surface area contributed by atoms with Gasteiger partial charge in [-0.25, -0.2) is 8.78 Å². The monoisotopic (exact) mass is 321 g/mol. The van der Waals surface area contributed by atoms with Gasteiger partial charge in [0.15, 0.2) is 0 Å². The van der Waals surface area contributed by atoms with E-state index < -0.39 is 24.9 Å². The molecule has 0 saturated heterocycles. The van der Waals surface area contributed by atoms with Crippen molar-refractivity contribution in [2.24, 2.45) is 5.73 Å². The van der Waals surface area contributed by atoms with E-state index in [9.17, 15) is 18.4 Å². The van der Waals surface area contributed by atoms with Gasteiger partial charge in [0.05, 0.1) is 13.1 Å². The quantitative estimate of drug-likeness (QED) is 0.746. The van der Waals surface area contributed by atoms with Crippen molar-refractivity contribution in [2.75, 3.05) is 18.4 Å². The number of hydrogen-bond donors (Lipinski definition) is 3. The van der Waals surface area contributed by atoms with Crippen LogP contribution >= 0.6 is 12.4 Å². The zero-order chi connectivity index (χ0) is 15.2. The smallest absolute Gasteiger partial charge is 0.277 e. The Morgan fingerprint density at radius 1 is 1.33 bits per heavy atom. The highest BCUT2D eigenvalue weighted by Crippen LogP contribution is 2.12. The molecule has 8 heteroatoms. The number of carbonyl (C=O) groups is 2. The minimum absolute atomic E-state index is 0. The molecule has 0 aliphatic carbocycles. The first-order valence-corrected chi connectivity index (χ1v) is 6.14. The van der Waals surface area contributed by atoms with E-state index in [4.69, 9.17) is 5.73 Å². The minimum Gasteiger partial charge on any atom is -0.346 e. The summed E-state index contributed by atoms with van der Waals surface area (Å²) in [5.74, 6) is -3.98. The Hall–Kier alpha value is -1.73. The molecule has 0 aliphatic heterocycles. The second kappa shape index (κ2) is 8.53. The molecule has 1 aromatic carbocycles. The SMILES string of the molecule is CCC(=O)Nc1cccc(C(=O)NCC(F)(F)CN)c1.Cl. The van der Waals surface area contributed by atoms with Gasteiger partial charge in [-0.15, -0.1) is 12.4 Å². The van der Waals surface area contributed by atoms with Crippen molar-refractivity contribution in [2.45, 2.75) is 19.3 Å². The molecule has 0 aliphatic rings. The Kier molecular flexibility index (Phi) is 7.83. The molecule has 0 radical (unpaired) electrons. The molecule has 0 aromatic heterocycles. The molecule has 21 heavy (non-hydrogen) atoms. The maximum atomic E-state index is 12.9. The Balaban J connectivity index is 0.00000400. The number of rotatable bonds is 6. The van der Waals surface area contributed by atoms with Crippen molar-refractivity contribution in [3.05, 3.63) is 29.8 Å². The van der Waals surface area contributed by atoms with E-state index in [1.165, 1.54) is 12.1 Å². The van der Waals surface area contributed by atoms with Gasteiger partial charge in [0.1, 0.15) is 0 Å². The minimum atomic E-state index is -3.14. The van der Waals surface area contributed by atoms with Crippen LogP contribution in [0.4, 0.5) is 14.5 Å². The molecule has 1 rings (SSSR count). The van der Waals surface area contributed by atoms with E-state index in [0.29, 0.717) is 12.1 Å². The molecule has 0 atom stereocenters. The summed E-state index contributed by atoms with van der Waals surface area (Å²) in [6.45, 7) is 0.0363. The van der Waals surface area contributed by atoms with Crippen LogP contribution < -0.4 is 16.4 Å². The van der Waals surface area contributed by atoms with E-state index in [0.717, 1.165) is 0 Å². The summed E-state index contributed by atoms with van der Waals surface area (Å²) in [5, 5.41) is 4.69. The lowest BCUT2D eigenvalue weighted by atomic mass is 10.2. The van der Waals surface area contributed by atoms with Crippen LogP contribution in [0.15, 0.2) is 24.3 Å². The van der Waals surface area contributed by atoms with Crippen LogP contribution in [-0.2, 0) is 4.79 Å². The summed E-state index contributed by atoms with van der Waals surface area (Å²) in [5.41, 5.74) is 5.50. The maximum absolute atomic E-state index is 12.9. The lowest BCUT2D eigenvalue weighted by Crippen LogP contribution is -2.41. The van der Waals surface area contributed by atoms with Crippen molar-refractivity contribution in [1.82, 2.24) is 5.32 Å². The van der Waals surface area contributed by atoms with Crippen molar-refractivity contribution < 1.29 is 18.4 Å². The average Bonchev–Trinajstić information content (AvgIpc) is 2.45. The van der Waals surface area contributed by atoms with Crippen LogP contribution in [-0.4, -0.2) is 30.8 Å². The number of anilines is 1. The number of amides is 2. The van der Waals surface area contributed by atoms with E-state index in [1.54, 1.807) is 19.1 Å². The van der Waals surface area contributed by atoms with E-state index in [1.807, 2.05) is 0 Å². The first-order valence-electron chi connectivity index (χ1n) is 6.14. The normalized spacial score (nSPS) is 10.5. The second-order valence-corrected chi connectivity index (χ2v) is 4.23.